The number of aromatic nitrogens is 2. The van der Waals surface area contributed by atoms with Crippen LogP contribution >= 0.6 is 11.6 Å². The molecule has 21 heavy (non-hydrogen) atoms. The lowest BCUT2D eigenvalue weighted by Gasteiger charge is -2.05. The van der Waals surface area contributed by atoms with E-state index in [-0.39, 0.29) is 0 Å². The van der Waals surface area contributed by atoms with Gasteiger partial charge in [-0.05, 0) is 30.3 Å². The Morgan fingerprint density at radius 2 is 1.90 bits per heavy atom. The number of hydrogen-bond acceptors (Lipinski definition) is 3. The van der Waals surface area contributed by atoms with E-state index in [2.05, 4.69) is 5.10 Å². The maximum absolute atomic E-state index is 12.1. The summed E-state index contributed by atoms with van der Waals surface area (Å²) in [6.45, 7) is 0. The highest BCUT2D eigenvalue weighted by Crippen LogP contribution is 2.25. The summed E-state index contributed by atoms with van der Waals surface area (Å²) in [5.41, 5.74) is 1.67. The standard InChI is InChI=1S/C16H9ClN2O2/c17-10-4-3-5-11(8-10)19-15-12-6-1-2-7-14(12)21-16(20)13(15)9-18-19/h1-9H. The lowest BCUT2D eigenvalue weighted by Crippen LogP contribution is -2.01. The molecule has 0 saturated carbocycles. The van der Waals surface area contributed by atoms with E-state index in [0.29, 0.717) is 16.0 Å². The first-order valence-electron chi connectivity index (χ1n) is 6.39. The first kappa shape index (κ1) is 12.2. The summed E-state index contributed by atoms with van der Waals surface area (Å²) in [6, 6.07) is 14.7. The fourth-order valence-corrected chi connectivity index (χ4v) is 2.65. The Bertz CT molecular complexity index is 1030. The molecule has 0 atom stereocenters. The Hall–Kier alpha value is -2.59. The van der Waals surface area contributed by atoms with Crippen molar-refractivity contribution >= 4 is 33.5 Å². The van der Waals surface area contributed by atoms with Gasteiger partial charge in [-0.15, -0.1) is 0 Å². The van der Waals surface area contributed by atoms with Crippen LogP contribution in [0.3, 0.4) is 0 Å². The summed E-state index contributed by atoms with van der Waals surface area (Å²) in [4.78, 5) is 12.1. The summed E-state index contributed by atoms with van der Waals surface area (Å²) in [7, 11) is 0. The van der Waals surface area contributed by atoms with Crippen LogP contribution in [0.25, 0.3) is 27.6 Å². The van der Waals surface area contributed by atoms with E-state index in [1.165, 1.54) is 6.20 Å². The van der Waals surface area contributed by atoms with Crippen molar-refractivity contribution < 1.29 is 4.42 Å². The molecule has 0 aliphatic carbocycles. The molecule has 0 radical (unpaired) electrons. The molecule has 0 aliphatic rings. The van der Waals surface area contributed by atoms with Gasteiger partial charge in [0.15, 0.2) is 0 Å². The van der Waals surface area contributed by atoms with Gasteiger partial charge in [-0.1, -0.05) is 29.8 Å². The highest BCUT2D eigenvalue weighted by molar-refractivity contribution is 6.30. The van der Waals surface area contributed by atoms with Gasteiger partial charge in [0.2, 0.25) is 0 Å². The summed E-state index contributed by atoms with van der Waals surface area (Å²) in [5, 5.41) is 6.22. The zero-order valence-corrected chi connectivity index (χ0v) is 11.5. The van der Waals surface area contributed by atoms with Crippen LogP contribution in [0.5, 0.6) is 0 Å². The number of benzene rings is 2. The SMILES string of the molecule is O=c1oc2ccccc2c2c1cnn2-c1cccc(Cl)c1. The average Bonchev–Trinajstić information content (AvgIpc) is 2.93. The van der Waals surface area contributed by atoms with E-state index in [4.69, 9.17) is 16.0 Å². The van der Waals surface area contributed by atoms with Crippen molar-refractivity contribution in [2.45, 2.75) is 0 Å². The molecule has 5 heteroatoms. The van der Waals surface area contributed by atoms with Gasteiger partial charge in [-0.25, -0.2) is 9.48 Å². The molecular weight excluding hydrogens is 288 g/mol. The van der Waals surface area contributed by atoms with Crippen LogP contribution in [0.4, 0.5) is 0 Å². The lowest BCUT2D eigenvalue weighted by atomic mass is 10.2. The fraction of sp³-hybridized carbons (Fsp3) is 0. The predicted octanol–water partition coefficient (Wildman–Crippen LogP) is 3.79. The first-order valence-corrected chi connectivity index (χ1v) is 6.77. The number of hydrogen-bond donors (Lipinski definition) is 0. The maximum Gasteiger partial charge on any atom is 0.347 e. The van der Waals surface area contributed by atoms with E-state index >= 15 is 0 Å². The van der Waals surface area contributed by atoms with Gasteiger partial charge in [0.1, 0.15) is 11.0 Å². The van der Waals surface area contributed by atoms with Gasteiger partial charge in [0.05, 0.1) is 17.4 Å². The van der Waals surface area contributed by atoms with Crippen molar-refractivity contribution in [2.75, 3.05) is 0 Å². The van der Waals surface area contributed by atoms with Crippen molar-refractivity contribution in [3.8, 4) is 5.69 Å². The van der Waals surface area contributed by atoms with Crippen molar-refractivity contribution in [3.05, 3.63) is 70.2 Å². The minimum Gasteiger partial charge on any atom is -0.422 e. The molecule has 0 fully saturated rings. The minimum atomic E-state index is -0.392. The Morgan fingerprint density at radius 3 is 2.76 bits per heavy atom. The molecule has 4 aromatic rings. The molecular formula is C16H9ClN2O2. The normalized spacial score (nSPS) is 11.3. The Balaban J connectivity index is 2.18. The molecule has 0 N–H and O–H groups in total. The summed E-state index contributed by atoms with van der Waals surface area (Å²) in [6.07, 6.45) is 1.52. The smallest absolute Gasteiger partial charge is 0.347 e. The average molecular weight is 297 g/mol. The number of nitrogens with zero attached hydrogens (tertiary/aromatic N) is 2. The molecule has 2 heterocycles. The lowest BCUT2D eigenvalue weighted by molar-refractivity contribution is 0.569. The van der Waals surface area contributed by atoms with Crippen molar-refractivity contribution in [2.24, 2.45) is 0 Å². The summed E-state index contributed by atoms with van der Waals surface area (Å²) >= 11 is 6.04. The van der Waals surface area contributed by atoms with E-state index in [9.17, 15) is 4.79 Å². The molecule has 2 aromatic heterocycles. The molecule has 2 aromatic carbocycles. The van der Waals surface area contributed by atoms with Crippen LogP contribution in [0, 0.1) is 0 Å². The monoisotopic (exact) mass is 296 g/mol. The second kappa shape index (κ2) is 4.46. The van der Waals surface area contributed by atoms with Crippen LogP contribution in [0.2, 0.25) is 5.02 Å². The molecule has 4 nitrogen and oxygen atoms in total. The maximum atomic E-state index is 12.1. The van der Waals surface area contributed by atoms with E-state index in [0.717, 1.165) is 16.6 Å². The van der Waals surface area contributed by atoms with Gasteiger partial charge in [-0.2, -0.15) is 5.10 Å². The summed E-state index contributed by atoms with van der Waals surface area (Å²) < 4.78 is 7.02. The zero-order chi connectivity index (χ0) is 14.4. The van der Waals surface area contributed by atoms with Gasteiger partial charge in [0.25, 0.3) is 0 Å². The van der Waals surface area contributed by atoms with E-state index in [1.54, 1.807) is 22.9 Å². The topological polar surface area (TPSA) is 48.0 Å². The van der Waals surface area contributed by atoms with Gasteiger partial charge >= 0.3 is 5.63 Å². The van der Waals surface area contributed by atoms with Crippen LogP contribution in [-0.2, 0) is 0 Å². The molecule has 102 valence electrons. The third-order valence-corrected chi connectivity index (χ3v) is 3.62. The van der Waals surface area contributed by atoms with Crippen molar-refractivity contribution in [1.29, 1.82) is 0 Å². The van der Waals surface area contributed by atoms with Crippen LogP contribution in [0.1, 0.15) is 0 Å². The Labute approximate surface area is 124 Å². The van der Waals surface area contributed by atoms with Crippen LogP contribution in [0.15, 0.2) is 63.9 Å². The number of halogens is 1. The first-order chi connectivity index (χ1) is 10.2. The number of fused-ring (bicyclic) bond motifs is 3. The molecule has 0 bridgehead atoms. The summed E-state index contributed by atoms with van der Waals surface area (Å²) in [5.74, 6) is 0. The van der Waals surface area contributed by atoms with Crippen molar-refractivity contribution in [3.63, 3.8) is 0 Å². The number of rotatable bonds is 1. The fourth-order valence-electron chi connectivity index (χ4n) is 2.47. The Kier molecular flexibility index (Phi) is 2.59. The molecule has 0 amide bonds. The minimum absolute atomic E-state index is 0.392. The Morgan fingerprint density at radius 1 is 1.05 bits per heavy atom. The highest BCUT2D eigenvalue weighted by Gasteiger charge is 2.13. The largest absolute Gasteiger partial charge is 0.422 e. The molecule has 0 spiro atoms. The highest BCUT2D eigenvalue weighted by atomic mass is 35.5. The second-order valence-electron chi connectivity index (χ2n) is 4.68. The van der Waals surface area contributed by atoms with Gasteiger partial charge in [0, 0.05) is 10.4 Å². The molecule has 0 aliphatic heterocycles. The number of para-hydroxylation sites is 1. The zero-order valence-electron chi connectivity index (χ0n) is 10.8. The molecule has 0 unspecified atom stereocenters. The third kappa shape index (κ3) is 1.84. The van der Waals surface area contributed by atoms with Crippen LogP contribution < -0.4 is 5.63 Å². The van der Waals surface area contributed by atoms with E-state index in [1.807, 2.05) is 30.3 Å². The quantitative estimate of drug-likeness (QED) is 0.502. The second-order valence-corrected chi connectivity index (χ2v) is 5.12. The van der Waals surface area contributed by atoms with E-state index < -0.39 is 5.63 Å². The van der Waals surface area contributed by atoms with Gasteiger partial charge < -0.3 is 4.42 Å². The molecule has 0 saturated heterocycles. The van der Waals surface area contributed by atoms with Crippen molar-refractivity contribution in [1.82, 2.24) is 9.78 Å². The molecule has 4 rings (SSSR count). The predicted molar refractivity (Wildman–Crippen MR) is 82.1 cm³/mol. The van der Waals surface area contributed by atoms with Crippen LogP contribution in [-0.4, -0.2) is 9.78 Å². The van der Waals surface area contributed by atoms with Gasteiger partial charge in [-0.3, -0.25) is 0 Å². The third-order valence-electron chi connectivity index (χ3n) is 3.39.